The van der Waals surface area contributed by atoms with E-state index in [4.69, 9.17) is 4.74 Å². The maximum Gasteiger partial charge on any atom is 0.255 e. The molecule has 0 saturated heterocycles. The normalized spacial score (nSPS) is 10.7. The highest BCUT2D eigenvalue weighted by molar-refractivity contribution is 6.09. The van der Waals surface area contributed by atoms with E-state index in [1.165, 1.54) is 11.5 Å². The second-order valence-electron chi connectivity index (χ2n) is 6.15. The molecule has 1 amide bonds. The summed E-state index contributed by atoms with van der Waals surface area (Å²) in [6, 6.07) is 9.24. The van der Waals surface area contributed by atoms with Gasteiger partial charge in [0.05, 0.1) is 18.2 Å². The standard InChI is InChI=1S/C20H21N3O3/c1-14(24)23-13-18(17-12-16(26-3)4-5-19(17)23)20(25)22(2)11-8-15-6-9-21-10-7-15/h4-7,9-10,12-13H,8,11H2,1-3H3. The number of nitrogens with zero attached hydrogens (tertiary/aromatic N) is 3. The first-order valence-corrected chi connectivity index (χ1v) is 8.35. The molecular formula is C20H21N3O3. The van der Waals surface area contributed by atoms with Crippen LogP contribution < -0.4 is 4.74 Å². The first-order valence-electron chi connectivity index (χ1n) is 8.35. The lowest BCUT2D eigenvalue weighted by atomic mass is 10.1. The smallest absolute Gasteiger partial charge is 0.255 e. The van der Waals surface area contributed by atoms with Crippen molar-refractivity contribution in [1.29, 1.82) is 0 Å². The number of hydrogen-bond acceptors (Lipinski definition) is 4. The van der Waals surface area contributed by atoms with Gasteiger partial charge in [-0.05, 0) is 42.3 Å². The Balaban J connectivity index is 1.90. The monoisotopic (exact) mass is 351 g/mol. The van der Waals surface area contributed by atoms with Gasteiger partial charge >= 0.3 is 0 Å². The van der Waals surface area contributed by atoms with Crippen LogP contribution in [0.5, 0.6) is 5.75 Å². The molecule has 3 aromatic rings. The van der Waals surface area contributed by atoms with Crippen molar-refractivity contribution in [2.45, 2.75) is 13.3 Å². The van der Waals surface area contributed by atoms with Crippen molar-refractivity contribution < 1.29 is 14.3 Å². The van der Waals surface area contributed by atoms with Crippen LogP contribution in [-0.4, -0.2) is 47.0 Å². The topological polar surface area (TPSA) is 64.4 Å². The summed E-state index contributed by atoms with van der Waals surface area (Å²) in [6.07, 6.45) is 5.82. The fourth-order valence-electron chi connectivity index (χ4n) is 2.92. The van der Waals surface area contributed by atoms with Crippen LogP contribution in [0.15, 0.2) is 48.9 Å². The van der Waals surface area contributed by atoms with Crippen LogP contribution in [0.1, 0.15) is 27.6 Å². The maximum absolute atomic E-state index is 13.0. The van der Waals surface area contributed by atoms with Crippen LogP contribution in [0, 0.1) is 0 Å². The first-order chi connectivity index (χ1) is 12.5. The fourth-order valence-corrected chi connectivity index (χ4v) is 2.92. The molecule has 0 bridgehead atoms. The highest BCUT2D eigenvalue weighted by atomic mass is 16.5. The molecule has 0 aliphatic rings. The van der Waals surface area contributed by atoms with Gasteiger partial charge in [-0.25, -0.2) is 0 Å². The summed E-state index contributed by atoms with van der Waals surface area (Å²) in [6.45, 7) is 2.05. The molecule has 0 atom stereocenters. The van der Waals surface area contributed by atoms with Gasteiger partial charge in [0, 0.05) is 44.5 Å². The molecule has 0 saturated carbocycles. The van der Waals surface area contributed by atoms with Gasteiger partial charge in [0.1, 0.15) is 5.75 Å². The quantitative estimate of drug-likeness (QED) is 0.709. The van der Waals surface area contributed by atoms with Gasteiger partial charge in [-0.2, -0.15) is 0 Å². The van der Waals surface area contributed by atoms with Crippen LogP contribution >= 0.6 is 0 Å². The largest absolute Gasteiger partial charge is 0.497 e. The summed E-state index contributed by atoms with van der Waals surface area (Å²) in [5, 5.41) is 0.709. The zero-order valence-electron chi connectivity index (χ0n) is 15.1. The molecule has 0 fully saturated rings. The number of carbonyl (C=O) groups is 2. The molecule has 0 radical (unpaired) electrons. The molecule has 3 rings (SSSR count). The number of amides is 1. The maximum atomic E-state index is 13.0. The Kier molecular flexibility index (Phi) is 5.02. The lowest BCUT2D eigenvalue weighted by Gasteiger charge is -2.16. The molecule has 0 spiro atoms. The number of benzene rings is 1. The van der Waals surface area contributed by atoms with Crippen LogP contribution in [0.2, 0.25) is 0 Å². The zero-order chi connectivity index (χ0) is 18.7. The number of methoxy groups -OCH3 is 1. The average molecular weight is 351 g/mol. The third-order valence-electron chi connectivity index (χ3n) is 4.41. The summed E-state index contributed by atoms with van der Waals surface area (Å²) >= 11 is 0. The van der Waals surface area contributed by atoms with Crippen molar-refractivity contribution in [3.05, 3.63) is 60.0 Å². The summed E-state index contributed by atoms with van der Waals surface area (Å²) in [7, 11) is 3.34. The lowest BCUT2D eigenvalue weighted by Crippen LogP contribution is -2.28. The van der Waals surface area contributed by atoms with Gasteiger partial charge in [-0.3, -0.25) is 19.1 Å². The number of fused-ring (bicyclic) bond motifs is 1. The van der Waals surface area contributed by atoms with Crippen LogP contribution in [0.25, 0.3) is 10.9 Å². The highest BCUT2D eigenvalue weighted by Crippen LogP contribution is 2.27. The van der Waals surface area contributed by atoms with E-state index in [1.807, 2.05) is 12.1 Å². The second kappa shape index (κ2) is 7.39. The van der Waals surface area contributed by atoms with Gasteiger partial charge in [-0.15, -0.1) is 0 Å². The van der Waals surface area contributed by atoms with E-state index < -0.39 is 0 Å². The van der Waals surface area contributed by atoms with E-state index in [9.17, 15) is 9.59 Å². The van der Waals surface area contributed by atoms with Crippen molar-refractivity contribution in [2.75, 3.05) is 20.7 Å². The molecule has 26 heavy (non-hydrogen) atoms. The van der Waals surface area contributed by atoms with E-state index in [0.717, 1.165) is 12.0 Å². The fraction of sp³-hybridized carbons (Fsp3) is 0.250. The van der Waals surface area contributed by atoms with Crippen LogP contribution in [0.4, 0.5) is 0 Å². The molecule has 1 aromatic carbocycles. The van der Waals surface area contributed by atoms with Gasteiger partial charge < -0.3 is 9.64 Å². The molecule has 0 aliphatic heterocycles. The zero-order valence-corrected chi connectivity index (χ0v) is 15.1. The molecular weight excluding hydrogens is 330 g/mol. The van der Waals surface area contributed by atoms with E-state index in [1.54, 1.807) is 55.8 Å². The Morgan fingerprint density at radius 1 is 1.19 bits per heavy atom. The molecule has 0 N–H and O–H groups in total. The van der Waals surface area contributed by atoms with Gasteiger partial charge in [0.15, 0.2) is 0 Å². The minimum absolute atomic E-state index is 0.127. The van der Waals surface area contributed by atoms with Crippen molar-refractivity contribution >= 4 is 22.7 Å². The third kappa shape index (κ3) is 3.44. The van der Waals surface area contributed by atoms with Gasteiger partial charge in [0.2, 0.25) is 5.91 Å². The third-order valence-corrected chi connectivity index (χ3v) is 4.41. The predicted octanol–water partition coefficient (Wildman–Crippen LogP) is 3.02. The van der Waals surface area contributed by atoms with Crippen molar-refractivity contribution in [1.82, 2.24) is 14.5 Å². The molecule has 0 aliphatic carbocycles. The summed E-state index contributed by atoms with van der Waals surface area (Å²) in [5.74, 6) is 0.378. The Morgan fingerprint density at radius 3 is 2.58 bits per heavy atom. The number of ether oxygens (including phenoxy) is 1. The number of pyridine rings is 1. The number of aromatic nitrogens is 2. The van der Waals surface area contributed by atoms with Gasteiger partial charge in [-0.1, -0.05) is 0 Å². The number of rotatable bonds is 5. The number of hydrogen-bond donors (Lipinski definition) is 0. The molecule has 6 heteroatoms. The Labute approximate surface area is 152 Å². The van der Waals surface area contributed by atoms with Crippen molar-refractivity contribution in [3.63, 3.8) is 0 Å². The predicted molar refractivity (Wildman–Crippen MR) is 99.7 cm³/mol. The van der Waals surface area contributed by atoms with Crippen molar-refractivity contribution in [3.8, 4) is 5.75 Å². The minimum Gasteiger partial charge on any atom is -0.497 e. The molecule has 6 nitrogen and oxygen atoms in total. The second-order valence-corrected chi connectivity index (χ2v) is 6.15. The number of carbonyl (C=O) groups excluding carboxylic acids is 2. The van der Waals surface area contributed by atoms with E-state index >= 15 is 0 Å². The van der Waals surface area contributed by atoms with Crippen molar-refractivity contribution in [2.24, 2.45) is 0 Å². The number of likely N-dealkylation sites (N-methyl/N-ethyl adjacent to an activating group) is 1. The average Bonchev–Trinajstić information content (AvgIpc) is 3.05. The Bertz CT molecular complexity index is 948. The lowest BCUT2D eigenvalue weighted by molar-refractivity contribution is 0.0798. The van der Waals surface area contributed by atoms with Crippen LogP contribution in [-0.2, 0) is 6.42 Å². The molecule has 134 valence electrons. The SMILES string of the molecule is COc1ccc2c(c1)c(C(=O)N(C)CCc1ccncc1)cn2C(C)=O. The summed E-state index contributed by atoms with van der Waals surface area (Å²) in [5.41, 5.74) is 2.31. The Morgan fingerprint density at radius 2 is 1.92 bits per heavy atom. The highest BCUT2D eigenvalue weighted by Gasteiger charge is 2.20. The molecule has 0 unspecified atom stereocenters. The van der Waals surface area contributed by atoms with Gasteiger partial charge in [0.25, 0.3) is 5.91 Å². The summed E-state index contributed by atoms with van der Waals surface area (Å²) < 4.78 is 6.77. The van der Waals surface area contributed by atoms with E-state index in [-0.39, 0.29) is 11.8 Å². The summed E-state index contributed by atoms with van der Waals surface area (Å²) in [4.78, 5) is 30.6. The van der Waals surface area contributed by atoms with E-state index in [0.29, 0.717) is 28.8 Å². The van der Waals surface area contributed by atoms with E-state index in [2.05, 4.69) is 4.98 Å². The van der Waals surface area contributed by atoms with Crippen LogP contribution in [0.3, 0.4) is 0 Å². The Hall–Kier alpha value is -3.15. The molecule has 2 aromatic heterocycles. The minimum atomic E-state index is -0.140. The molecule has 2 heterocycles. The first kappa shape index (κ1) is 17.7.